The van der Waals surface area contributed by atoms with Crippen LogP contribution in [0.5, 0.6) is 0 Å². The molecule has 0 aliphatic rings. The van der Waals surface area contributed by atoms with E-state index in [1.165, 1.54) is 12.1 Å². The van der Waals surface area contributed by atoms with E-state index in [9.17, 15) is 4.39 Å². The number of benzene rings is 1. The minimum absolute atomic E-state index is 0.181. The standard InChI is InChI=1S/C14H19FN2O/c1-14(2,7-8-16)6-5-13-17-11-4-3-10(15)9-12(11)18-13/h3-4,9H,5-8,16H2,1-2H3. The van der Waals surface area contributed by atoms with E-state index >= 15 is 0 Å². The summed E-state index contributed by atoms with van der Waals surface area (Å²) in [7, 11) is 0. The molecule has 2 aromatic rings. The number of aromatic nitrogens is 1. The van der Waals surface area contributed by atoms with E-state index in [1.807, 2.05) is 0 Å². The third-order valence-electron chi connectivity index (χ3n) is 3.23. The number of hydrogen-bond acceptors (Lipinski definition) is 3. The molecule has 0 bridgehead atoms. The van der Waals surface area contributed by atoms with Crippen LogP contribution < -0.4 is 5.73 Å². The lowest BCUT2D eigenvalue weighted by Crippen LogP contribution is -2.17. The number of fused-ring (bicyclic) bond motifs is 1. The Bertz CT molecular complexity index is 534. The van der Waals surface area contributed by atoms with Crippen molar-refractivity contribution in [2.75, 3.05) is 6.54 Å². The summed E-state index contributed by atoms with van der Waals surface area (Å²) in [6.45, 7) is 5.05. The van der Waals surface area contributed by atoms with E-state index in [0.717, 1.165) is 19.3 Å². The van der Waals surface area contributed by atoms with Crippen molar-refractivity contribution >= 4 is 11.1 Å². The fourth-order valence-corrected chi connectivity index (χ4v) is 2.01. The molecule has 2 N–H and O–H groups in total. The Labute approximate surface area is 106 Å². The van der Waals surface area contributed by atoms with Gasteiger partial charge in [-0.25, -0.2) is 9.37 Å². The third kappa shape index (κ3) is 3.07. The first-order valence-electron chi connectivity index (χ1n) is 6.25. The third-order valence-corrected chi connectivity index (χ3v) is 3.23. The summed E-state index contributed by atoms with van der Waals surface area (Å²) in [5.41, 5.74) is 6.99. The number of halogens is 1. The zero-order valence-electron chi connectivity index (χ0n) is 10.9. The molecule has 18 heavy (non-hydrogen) atoms. The predicted molar refractivity (Wildman–Crippen MR) is 69.7 cm³/mol. The molecule has 0 radical (unpaired) electrons. The zero-order valence-corrected chi connectivity index (χ0v) is 10.9. The first-order valence-corrected chi connectivity index (χ1v) is 6.25. The summed E-state index contributed by atoms with van der Waals surface area (Å²) in [5, 5.41) is 0. The number of aryl methyl sites for hydroxylation is 1. The number of rotatable bonds is 5. The minimum Gasteiger partial charge on any atom is -0.441 e. The maximum absolute atomic E-state index is 13.0. The molecule has 98 valence electrons. The van der Waals surface area contributed by atoms with E-state index in [2.05, 4.69) is 18.8 Å². The molecule has 0 amide bonds. The van der Waals surface area contributed by atoms with Crippen LogP contribution in [-0.2, 0) is 6.42 Å². The molecule has 2 rings (SSSR count). The lowest BCUT2D eigenvalue weighted by molar-refractivity contribution is 0.302. The highest BCUT2D eigenvalue weighted by atomic mass is 19.1. The molecule has 1 aromatic heterocycles. The second-order valence-corrected chi connectivity index (χ2v) is 5.42. The summed E-state index contributed by atoms with van der Waals surface area (Å²) < 4.78 is 18.6. The Morgan fingerprint density at radius 1 is 1.33 bits per heavy atom. The second-order valence-electron chi connectivity index (χ2n) is 5.42. The summed E-state index contributed by atoms with van der Waals surface area (Å²) in [6.07, 6.45) is 2.69. The van der Waals surface area contributed by atoms with Gasteiger partial charge in [0.15, 0.2) is 11.5 Å². The summed E-state index contributed by atoms with van der Waals surface area (Å²) in [4.78, 5) is 4.35. The average Bonchev–Trinajstić information content (AvgIpc) is 2.68. The van der Waals surface area contributed by atoms with Crippen LogP contribution in [0.2, 0.25) is 0 Å². The highest BCUT2D eigenvalue weighted by Gasteiger charge is 2.18. The molecule has 0 fully saturated rings. The Balaban J connectivity index is 2.08. The fraction of sp³-hybridized carbons (Fsp3) is 0.500. The Hall–Kier alpha value is -1.42. The van der Waals surface area contributed by atoms with Crippen LogP contribution in [0.1, 0.15) is 32.6 Å². The fourth-order valence-electron chi connectivity index (χ4n) is 2.01. The van der Waals surface area contributed by atoms with Gasteiger partial charge in [-0.2, -0.15) is 0 Å². The van der Waals surface area contributed by atoms with Crippen LogP contribution in [0.15, 0.2) is 22.6 Å². The number of hydrogen-bond donors (Lipinski definition) is 1. The van der Waals surface area contributed by atoms with Gasteiger partial charge in [-0.3, -0.25) is 0 Å². The number of nitrogens with two attached hydrogens (primary N) is 1. The second kappa shape index (κ2) is 5.06. The monoisotopic (exact) mass is 250 g/mol. The van der Waals surface area contributed by atoms with Crippen molar-refractivity contribution in [3.05, 3.63) is 29.9 Å². The molecule has 0 saturated heterocycles. The SMILES string of the molecule is CC(C)(CCN)CCc1nc2ccc(F)cc2o1. The van der Waals surface area contributed by atoms with Crippen molar-refractivity contribution in [1.29, 1.82) is 0 Å². The molecule has 0 aliphatic carbocycles. The summed E-state index contributed by atoms with van der Waals surface area (Å²) in [5.74, 6) is 0.370. The van der Waals surface area contributed by atoms with Gasteiger partial charge in [0.2, 0.25) is 0 Å². The molecule has 0 unspecified atom stereocenters. The largest absolute Gasteiger partial charge is 0.441 e. The van der Waals surface area contributed by atoms with Crippen LogP contribution in [-0.4, -0.2) is 11.5 Å². The van der Waals surface area contributed by atoms with E-state index in [0.29, 0.717) is 23.5 Å². The number of nitrogens with zero attached hydrogens (tertiary/aromatic N) is 1. The predicted octanol–water partition coefficient (Wildman–Crippen LogP) is 3.27. The molecule has 1 heterocycles. The quantitative estimate of drug-likeness (QED) is 0.886. The highest BCUT2D eigenvalue weighted by Crippen LogP contribution is 2.27. The molecule has 1 aromatic carbocycles. The maximum Gasteiger partial charge on any atom is 0.195 e. The van der Waals surface area contributed by atoms with E-state index in [1.54, 1.807) is 6.07 Å². The Morgan fingerprint density at radius 3 is 2.83 bits per heavy atom. The van der Waals surface area contributed by atoms with Gasteiger partial charge in [-0.15, -0.1) is 0 Å². The molecular weight excluding hydrogens is 231 g/mol. The van der Waals surface area contributed by atoms with Crippen molar-refractivity contribution in [2.45, 2.75) is 33.1 Å². The van der Waals surface area contributed by atoms with E-state index in [-0.39, 0.29) is 11.2 Å². The molecule has 3 nitrogen and oxygen atoms in total. The van der Waals surface area contributed by atoms with Gasteiger partial charge in [-0.05, 0) is 36.9 Å². The van der Waals surface area contributed by atoms with Crippen LogP contribution in [0.3, 0.4) is 0 Å². The van der Waals surface area contributed by atoms with Crippen molar-refractivity contribution in [3.8, 4) is 0 Å². The van der Waals surface area contributed by atoms with Crippen molar-refractivity contribution in [3.63, 3.8) is 0 Å². The molecule has 4 heteroatoms. The summed E-state index contributed by atoms with van der Waals surface area (Å²) in [6, 6.07) is 4.41. The highest BCUT2D eigenvalue weighted by molar-refractivity contribution is 5.72. The van der Waals surface area contributed by atoms with Crippen molar-refractivity contribution in [2.24, 2.45) is 11.1 Å². The van der Waals surface area contributed by atoms with Crippen LogP contribution in [0.4, 0.5) is 4.39 Å². The molecule has 0 saturated carbocycles. The van der Waals surface area contributed by atoms with Crippen LogP contribution >= 0.6 is 0 Å². The first-order chi connectivity index (χ1) is 8.50. The molecule has 0 atom stereocenters. The van der Waals surface area contributed by atoms with Crippen LogP contribution in [0, 0.1) is 11.2 Å². The van der Waals surface area contributed by atoms with Crippen LogP contribution in [0.25, 0.3) is 11.1 Å². The van der Waals surface area contributed by atoms with E-state index < -0.39 is 0 Å². The molecular formula is C14H19FN2O. The lowest BCUT2D eigenvalue weighted by atomic mass is 9.84. The molecule has 0 spiro atoms. The van der Waals surface area contributed by atoms with Gasteiger partial charge in [0.25, 0.3) is 0 Å². The molecule has 0 aliphatic heterocycles. The minimum atomic E-state index is -0.298. The van der Waals surface area contributed by atoms with Gasteiger partial charge in [0, 0.05) is 12.5 Å². The number of oxazole rings is 1. The van der Waals surface area contributed by atoms with Gasteiger partial charge in [0.05, 0.1) is 0 Å². The topological polar surface area (TPSA) is 52.0 Å². The van der Waals surface area contributed by atoms with Gasteiger partial charge in [-0.1, -0.05) is 13.8 Å². The van der Waals surface area contributed by atoms with Crippen molar-refractivity contribution in [1.82, 2.24) is 4.98 Å². The average molecular weight is 250 g/mol. The zero-order chi connectivity index (χ0) is 13.2. The normalized spacial score (nSPS) is 12.2. The maximum atomic E-state index is 13.0. The smallest absolute Gasteiger partial charge is 0.195 e. The van der Waals surface area contributed by atoms with Gasteiger partial charge in [0.1, 0.15) is 11.3 Å². The Morgan fingerprint density at radius 2 is 2.11 bits per heavy atom. The lowest BCUT2D eigenvalue weighted by Gasteiger charge is -2.22. The van der Waals surface area contributed by atoms with Gasteiger partial charge >= 0.3 is 0 Å². The Kier molecular flexibility index (Phi) is 3.66. The summed E-state index contributed by atoms with van der Waals surface area (Å²) >= 11 is 0. The first kappa shape index (κ1) is 13.0. The van der Waals surface area contributed by atoms with E-state index in [4.69, 9.17) is 10.2 Å². The van der Waals surface area contributed by atoms with Crippen molar-refractivity contribution < 1.29 is 8.81 Å². The van der Waals surface area contributed by atoms with Gasteiger partial charge < -0.3 is 10.2 Å².